The van der Waals surface area contributed by atoms with Crippen LogP contribution in [0.2, 0.25) is 0 Å². The van der Waals surface area contributed by atoms with Crippen LogP contribution in [0.4, 0.5) is 26.3 Å². The summed E-state index contributed by atoms with van der Waals surface area (Å²) in [5.41, 5.74) is -5.93. The van der Waals surface area contributed by atoms with Crippen molar-refractivity contribution in [3.8, 4) is 11.5 Å². The van der Waals surface area contributed by atoms with Crippen molar-refractivity contribution in [2.45, 2.75) is 12.4 Å². The standard InChI is InChI=1S/C17H13F6O3P.Li.H/c1-25-9-6-7-13(12(8-9)26-2)27-15(24)14-10(16(18,19)20)4-3-5-11(14)17(21,22)23;;/h3-8,27H,1-2H3;;. The number of carbonyl (C=O) groups is 1. The van der Waals surface area contributed by atoms with Gasteiger partial charge in [0.2, 0.25) is 0 Å². The summed E-state index contributed by atoms with van der Waals surface area (Å²) in [5, 5.41) is 0.161. The first-order chi connectivity index (χ1) is 12.5. The molecule has 0 aliphatic rings. The van der Waals surface area contributed by atoms with Crippen molar-refractivity contribution in [3.05, 3.63) is 53.1 Å². The molecule has 28 heavy (non-hydrogen) atoms. The monoisotopic (exact) mass is 418 g/mol. The van der Waals surface area contributed by atoms with E-state index in [1.165, 1.54) is 32.4 Å². The minimum atomic E-state index is -5.11. The second-order valence-electron chi connectivity index (χ2n) is 5.24. The van der Waals surface area contributed by atoms with Crippen LogP contribution in [0.5, 0.6) is 11.5 Å². The summed E-state index contributed by atoms with van der Waals surface area (Å²) in [7, 11) is 1.62. The van der Waals surface area contributed by atoms with E-state index in [9.17, 15) is 31.1 Å². The topological polar surface area (TPSA) is 35.5 Å². The third-order valence-corrected chi connectivity index (χ3v) is 4.72. The molecule has 0 fully saturated rings. The molecule has 148 valence electrons. The van der Waals surface area contributed by atoms with Gasteiger partial charge in [-0.25, -0.2) is 0 Å². The number of methoxy groups -OCH3 is 2. The summed E-state index contributed by atoms with van der Waals surface area (Å²) in [6.07, 6.45) is -10.2. The molecule has 0 aliphatic carbocycles. The quantitative estimate of drug-likeness (QED) is 0.414. The summed E-state index contributed by atoms with van der Waals surface area (Å²) < 4.78 is 89.2. The normalized spacial score (nSPS) is 12.0. The Morgan fingerprint density at radius 2 is 1.43 bits per heavy atom. The van der Waals surface area contributed by atoms with Crippen LogP contribution in [0.1, 0.15) is 21.5 Å². The molecule has 0 saturated heterocycles. The van der Waals surface area contributed by atoms with Crippen LogP contribution in [-0.2, 0) is 12.4 Å². The zero-order chi connectivity index (χ0) is 20.4. The van der Waals surface area contributed by atoms with Gasteiger partial charge in [-0.3, -0.25) is 4.79 Å². The van der Waals surface area contributed by atoms with Crippen LogP contribution < -0.4 is 14.8 Å². The van der Waals surface area contributed by atoms with Gasteiger partial charge in [-0.05, 0) is 32.8 Å². The summed E-state index contributed by atoms with van der Waals surface area (Å²) in [4.78, 5) is 12.5. The Labute approximate surface area is 170 Å². The first kappa shape index (κ1) is 24.4. The zero-order valence-corrected chi connectivity index (χ0v) is 15.0. The molecule has 11 heteroatoms. The molecule has 1 atom stereocenters. The average molecular weight is 418 g/mol. The van der Waals surface area contributed by atoms with Crippen LogP contribution in [0.3, 0.4) is 0 Å². The van der Waals surface area contributed by atoms with E-state index >= 15 is 0 Å². The maximum absolute atomic E-state index is 13.2. The molecule has 2 aromatic rings. The van der Waals surface area contributed by atoms with Gasteiger partial charge in [0.05, 0.1) is 25.3 Å². The van der Waals surface area contributed by atoms with Crippen LogP contribution in [0, 0.1) is 0 Å². The molecule has 0 radical (unpaired) electrons. The van der Waals surface area contributed by atoms with Gasteiger partial charge >= 0.3 is 31.2 Å². The van der Waals surface area contributed by atoms with Crippen molar-refractivity contribution in [2.24, 2.45) is 0 Å². The van der Waals surface area contributed by atoms with E-state index in [0.717, 1.165) is 0 Å². The molecule has 1 unspecified atom stereocenters. The van der Waals surface area contributed by atoms with Gasteiger partial charge < -0.3 is 9.47 Å². The third kappa shape index (κ3) is 5.44. The van der Waals surface area contributed by atoms with Gasteiger partial charge in [-0.1, -0.05) is 6.07 Å². The van der Waals surface area contributed by atoms with Gasteiger partial charge in [0.25, 0.3) is 0 Å². The van der Waals surface area contributed by atoms with Crippen LogP contribution in [-0.4, -0.2) is 38.6 Å². The summed E-state index contributed by atoms with van der Waals surface area (Å²) in [6, 6.07) is 5.71. The van der Waals surface area contributed by atoms with Gasteiger partial charge in [0, 0.05) is 16.9 Å². The van der Waals surface area contributed by atoms with E-state index in [2.05, 4.69) is 0 Å². The van der Waals surface area contributed by atoms with Gasteiger partial charge in [0.1, 0.15) is 11.5 Å². The van der Waals surface area contributed by atoms with E-state index in [0.29, 0.717) is 23.9 Å². The molecule has 0 spiro atoms. The fraction of sp³-hybridized carbons (Fsp3) is 0.235. The minimum absolute atomic E-state index is 0. The molecule has 0 N–H and O–H groups in total. The first-order valence-electron chi connectivity index (χ1n) is 7.29. The number of hydrogen-bond acceptors (Lipinski definition) is 3. The predicted octanol–water partition coefficient (Wildman–Crippen LogP) is 4.24. The van der Waals surface area contributed by atoms with Crippen LogP contribution >= 0.6 is 8.58 Å². The Hall–Kier alpha value is -1.68. The number of carbonyl (C=O) groups excluding carboxylic acids is 1. The predicted molar refractivity (Wildman–Crippen MR) is 95.4 cm³/mol. The second kappa shape index (κ2) is 9.21. The number of ether oxygens (including phenoxy) is 2. The van der Waals surface area contributed by atoms with Gasteiger partial charge in [-0.2, -0.15) is 26.3 Å². The fourth-order valence-corrected chi connectivity index (χ4v) is 3.46. The number of benzene rings is 2. The molecular weight excluding hydrogens is 404 g/mol. The molecule has 0 heterocycles. The van der Waals surface area contributed by atoms with E-state index in [-0.39, 0.29) is 29.9 Å². The first-order valence-corrected chi connectivity index (χ1v) is 8.29. The molecule has 0 aliphatic heterocycles. The van der Waals surface area contributed by atoms with Crippen molar-refractivity contribution < 1.29 is 40.6 Å². The van der Waals surface area contributed by atoms with Gasteiger partial charge in [-0.15, -0.1) is 0 Å². The SMILES string of the molecule is COc1ccc(PC(=O)c2c(C(F)(F)F)cccc2C(F)(F)F)c(OC)c1.[LiH]. The fourth-order valence-electron chi connectivity index (χ4n) is 2.36. The number of hydrogen-bond donors (Lipinski definition) is 0. The van der Waals surface area contributed by atoms with E-state index in [4.69, 9.17) is 9.47 Å². The molecule has 3 nitrogen and oxygen atoms in total. The second-order valence-corrected chi connectivity index (χ2v) is 6.49. The number of alkyl halides is 6. The molecule has 2 aromatic carbocycles. The Bertz CT molecular complexity index is 820. The number of rotatable bonds is 5. The van der Waals surface area contributed by atoms with Crippen molar-refractivity contribution >= 4 is 38.3 Å². The Balaban J connectivity index is 0.00000392. The van der Waals surface area contributed by atoms with Gasteiger partial charge in [0.15, 0.2) is 5.52 Å². The zero-order valence-electron chi connectivity index (χ0n) is 14.0. The molecule has 0 bridgehead atoms. The Morgan fingerprint density at radius 3 is 1.86 bits per heavy atom. The Kier molecular flexibility index (Phi) is 8.01. The molecule has 0 amide bonds. The average Bonchev–Trinajstić information content (AvgIpc) is 2.59. The summed E-state index contributed by atoms with van der Waals surface area (Å²) in [6.45, 7) is 0. The maximum atomic E-state index is 13.2. The molecular formula is C17H14F6LiO3P. The van der Waals surface area contributed by atoms with Crippen LogP contribution in [0.15, 0.2) is 36.4 Å². The van der Waals surface area contributed by atoms with Crippen LogP contribution in [0.25, 0.3) is 0 Å². The van der Waals surface area contributed by atoms with Crippen molar-refractivity contribution in [3.63, 3.8) is 0 Å². The Morgan fingerprint density at radius 1 is 0.893 bits per heavy atom. The van der Waals surface area contributed by atoms with Crippen molar-refractivity contribution in [2.75, 3.05) is 14.2 Å². The summed E-state index contributed by atoms with van der Waals surface area (Å²) in [5.74, 6) is 0.485. The summed E-state index contributed by atoms with van der Waals surface area (Å²) >= 11 is 0. The number of halogens is 6. The van der Waals surface area contributed by atoms with E-state index in [1.54, 1.807) is 0 Å². The van der Waals surface area contributed by atoms with Crippen molar-refractivity contribution in [1.29, 1.82) is 0 Å². The third-order valence-electron chi connectivity index (χ3n) is 3.56. The van der Waals surface area contributed by atoms with E-state index < -0.39 is 43.1 Å². The van der Waals surface area contributed by atoms with Crippen molar-refractivity contribution in [1.82, 2.24) is 0 Å². The molecule has 2 rings (SSSR count). The van der Waals surface area contributed by atoms with E-state index in [1.807, 2.05) is 0 Å². The molecule has 0 saturated carbocycles. The molecule has 0 aromatic heterocycles.